The largest absolute Gasteiger partial charge is 0.497 e. The Labute approximate surface area is 187 Å². The zero-order valence-corrected chi connectivity index (χ0v) is 19.1. The minimum absolute atomic E-state index is 0.124. The molecular formula is C23H24N2O4S2. The molecule has 0 bridgehead atoms. The van der Waals surface area contributed by atoms with E-state index in [-0.39, 0.29) is 16.6 Å². The number of methoxy groups -OCH3 is 1. The molecule has 31 heavy (non-hydrogen) atoms. The van der Waals surface area contributed by atoms with E-state index >= 15 is 0 Å². The zero-order valence-electron chi connectivity index (χ0n) is 17.5. The van der Waals surface area contributed by atoms with Crippen molar-refractivity contribution in [2.75, 3.05) is 22.9 Å². The Bertz CT molecular complexity index is 1160. The van der Waals surface area contributed by atoms with Gasteiger partial charge in [-0.3, -0.25) is 9.52 Å². The fraction of sp³-hybridized carbons (Fsp3) is 0.174. The molecule has 1 amide bonds. The van der Waals surface area contributed by atoms with Gasteiger partial charge in [-0.2, -0.15) is 0 Å². The number of benzene rings is 3. The minimum atomic E-state index is -3.73. The summed E-state index contributed by atoms with van der Waals surface area (Å²) in [6.45, 7) is 3.75. The number of amides is 1. The maximum absolute atomic E-state index is 12.7. The van der Waals surface area contributed by atoms with Crippen LogP contribution >= 0.6 is 11.8 Å². The number of carbonyl (C=O) groups excluding carboxylic acids is 1. The maximum atomic E-state index is 12.7. The summed E-state index contributed by atoms with van der Waals surface area (Å²) in [6.07, 6.45) is 0. The number of ether oxygens (including phenoxy) is 1. The van der Waals surface area contributed by atoms with Crippen LogP contribution in [0.3, 0.4) is 0 Å². The third-order valence-corrected chi connectivity index (χ3v) is 6.91. The lowest BCUT2D eigenvalue weighted by Gasteiger charge is -2.12. The van der Waals surface area contributed by atoms with Gasteiger partial charge in [0.05, 0.1) is 23.4 Å². The number of hydrogen-bond donors (Lipinski definition) is 2. The van der Waals surface area contributed by atoms with Gasteiger partial charge in [-0.15, -0.1) is 11.8 Å². The van der Waals surface area contributed by atoms with Crippen LogP contribution in [0.25, 0.3) is 0 Å². The summed E-state index contributed by atoms with van der Waals surface area (Å²) in [5, 5.41) is 2.78. The van der Waals surface area contributed by atoms with Crippen molar-refractivity contribution in [2.24, 2.45) is 0 Å². The number of nitrogens with one attached hydrogen (secondary N) is 2. The lowest BCUT2D eigenvalue weighted by atomic mass is 10.1. The summed E-state index contributed by atoms with van der Waals surface area (Å²) < 4.78 is 33.1. The average Bonchev–Trinajstić information content (AvgIpc) is 2.75. The van der Waals surface area contributed by atoms with Crippen molar-refractivity contribution >= 4 is 39.1 Å². The van der Waals surface area contributed by atoms with E-state index in [1.54, 1.807) is 25.3 Å². The van der Waals surface area contributed by atoms with E-state index in [0.29, 0.717) is 11.4 Å². The first-order valence-electron chi connectivity index (χ1n) is 9.54. The van der Waals surface area contributed by atoms with Crippen LogP contribution in [0.4, 0.5) is 11.4 Å². The molecule has 0 heterocycles. The molecule has 6 nitrogen and oxygen atoms in total. The number of thioether (sulfide) groups is 1. The van der Waals surface area contributed by atoms with Gasteiger partial charge in [0.1, 0.15) is 5.75 Å². The monoisotopic (exact) mass is 456 g/mol. The van der Waals surface area contributed by atoms with Gasteiger partial charge in [0.15, 0.2) is 0 Å². The average molecular weight is 457 g/mol. The first kappa shape index (κ1) is 22.7. The summed E-state index contributed by atoms with van der Waals surface area (Å²) in [4.78, 5) is 13.3. The predicted molar refractivity (Wildman–Crippen MR) is 126 cm³/mol. The van der Waals surface area contributed by atoms with E-state index in [2.05, 4.69) is 10.0 Å². The molecule has 0 saturated carbocycles. The molecule has 0 atom stereocenters. The molecule has 0 aliphatic carbocycles. The molecule has 0 saturated heterocycles. The van der Waals surface area contributed by atoms with Crippen LogP contribution in [0.15, 0.2) is 76.5 Å². The summed E-state index contributed by atoms with van der Waals surface area (Å²) in [5.41, 5.74) is 2.89. The molecule has 0 unspecified atom stereocenters. The molecule has 3 rings (SSSR count). The fourth-order valence-corrected chi connectivity index (χ4v) is 4.60. The van der Waals surface area contributed by atoms with Crippen LogP contribution in [0.5, 0.6) is 5.75 Å². The van der Waals surface area contributed by atoms with Gasteiger partial charge < -0.3 is 10.1 Å². The number of aryl methyl sites for hydroxylation is 2. The van der Waals surface area contributed by atoms with E-state index in [0.717, 1.165) is 21.8 Å². The van der Waals surface area contributed by atoms with Crippen LogP contribution in [0, 0.1) is 13.8 Å². The highest BCUT2D eigenvalue weighted by molar-refractivity contribution is 8.00. The maximum Gasteiger partial charge on any atom is 0.261 e. The van der Waals surface area contributed by atoms with Crippen LogP contribution < -0.4 is 14.8 Å². The van der Waals surface area contributed by atoms with Crippen molar-refractivity contribution in [2.45, 2.75) is 23.6 Å². The van der Waals surface area contributed by atoms with Crippen LogP contribution in [-0.4, -0.2) is 27.2 Å². The Morgan fingerprint density at radius 2 is 1.65 bits per heavy atom. The Morgan fingerprint density at radius 1 is 0.968 bits per heavy atom. The first-order chi connectivity index (χ1) is 14.8. The van der Waals surface area contributed by atoms with Crippen molar-refractivity contribution in [3.05, 3.63) is 77.9 Å². The molecule has 0 aromatic heterocycles. The third kappa shape index (κ3) is 6.26. The molecule has 2 N–H and O–H groups in total. The normalized spacial score (nSPS) is 11.1. The lowest BCUT2D eigenvalue weighted by Crippen LogP contribution is -2.15. The van der Waals surface area contributed by atoms with Gasteiger partial charge in [0.25, 0.3) is 10.0 Å². The number of hydrogen-bond acceptors (Lipinski definition) is 5. The molecule has 3 aromatic carbocycles. The molecule has 0 fully saturated rings. The molecule has 3 aromatic rings. The summed E-state index contributed by atoms with van der Waals surface area (Å²) in [6, 6.07) is 19.1. The smallest absolute Gasteiger partial charge is 0.261 e. The Balaban J connectivity index is 1.59. The van der Waals surface area contributed by atoms with E-state index in [9.17, 15) is 13.2 Å². The van der Waals surface area contributed by atoms with Crippen molar-refractivity contribution in [1.29, 1.82) is 0 Å². The van der Waals surface area contributed by atoms with Crippen molar-refractivity contribution < 1.29 is 17.9 Å². The van der Waals surface area contributed by atoms with Gasteiger partial charge in [-0.05, 0) is 79.6 Å². The number of anilines is 2. The summed E-state index contributed by atoms with van der Waals surface area (Å²) in [5.74, 6) is 0.821. The van der Waals surface area contributed by atoms with Gasteiger partial charge in [-0.1, -0.05) is 12.1 Å². The highest BCUT2D eigenvalue weighted by Crippen LogP contribution is 2.23. The molecule has 0 spiro atoms. The van der Waals surface area contributed by atoms with E-state index in [1.165, 1.54) is 23.9 Å². The van der Waals surface area contributed by atoms with E-state index in [4.69, 9.17) is 4.74 Å². The van der Waals surface area contributed by atoms with Gasteiger partial charge in [-0.25, -0.2) is 8.42 Å². The number of sulfonamides is 1. The third-order valence-electron chi connectivity index (χ3n) is 4.52. The summed E-state index contributed by atoms with van der Waals surface area (Å²) in [7, 11) is -2.12. The lowest BCUT2D eigenvalue weighted by molar-refractivity contribution is -0.113. The molecule has 0 aliphatic heterocycles. The second kappa shape index (κ2) is 9.89. The van der Waals surface area contributed by atoms with Gasteiger partial charge in [0.2, 0.25) is 5.91 Å². The molecular weight excluding hydrogens is 432 g/mol. The van der Waals surface area contributed by atoms with Crippen molar-refractivity contribution in [3.8, 4) is 5.75 Å². The zero-order chi connectivity index (χ0) is 22.4. The van der Waals surface area contributed by atoms with Crippen LogP contribution in [0.2, 0.25) is 0 Å². The molecule has 8 heteroatoms. The molecule has 162 valence electrons. The quantitative estimate of drug-likeness (QED) is 0.474. The molecule has 0 radical (unpaired) electrons. The van der Waals surface area contributed by atoms with Gasteiger partial charge in [0, 0.05) is 10.6 Å². The second-order valence-electron chi connectivity index (χ2n) is 6.96. The Kier molecular flexibility index (Phi) is 7.25. The SMILES string of the molecule is COc1ccc(SCC(=O)Nc2ccc(S(=O)(=O)Nc3cc(C)ccc3C)cc2)cc1. The standard InChI is InChI=1S/C23H24N2O4S2/c1-16-4-5-17(2)22(14-16)25-31(27,28)21-12-6-18(7-13-21)24-23(26)15-30-20-10-8-19(29-3)9-11-20/h4-14,25H,15H2,1-3H3,(H,24,26). The van der Waals surface area contributed by atoms with Crippen molar-refractivity contribution in [1.82, 2.24) is 0 Å². The first-order valence-corrected chi connectivity index (χ1v) is 12.0. The van der Waals surface area contributed by atoms with Crippen LogP contribution in [0.1, 0.15) is 11.1 Å². The fourth-order valence-electron chi connectivity index (χ4n) is 2.78. The van der Waals surface area contributed by atoms with E-state index in [1.807, 2.05) is 50.2 Å². The number of rotatable bonds is 8. The van der Waals surface area contributed by atoms with Gasteiger partial charge >= 0.3 is 0 Å². The minimum Gasteiger partial charge on any atom is -0.497 e. The number of carbonyl (C=O) groups is 1. The Hall–Kier alpha value is -2.97. The Morgan fingerprint density at radius 3 is 2.29 bits per heavy atom. The van der Waals surface area contributed by atoms with Crippen molar-refractivity contribution in [3.63, 3.8) is 0 Å². The predicted octanol–water partition coefficient (Wildman–Crippen LogP) is 4.84. The second-order valence-corrected chi connectivity index (χ2v) is 9.69. The topological polar surface area (TPSA) is 84.5 Å². The summed E-state index contributed by atoms with van der Waals surface area (Å²) >= 11 is 1.40. The van der Waals surface area contributed by atoms with Crippen LogP contribution in [-0.2, 0) is 14.8 Å². The highest BCUT2D eigenvalue weighted by atomic mass is 32.2. The molecule has 0 aliphatic rings. The van der Waals surface area contributed by atoms with E-state index < -0.39 is 10.0 Å². The highest BCUT2D eigenvalue weighted by Gasteiger charge is 2.15.